The molecule has 2 amide bonds. The van der Waals surface area contributed by atoms with E-state index in [-0.39, 0.29) is 11.6 Å². The third kappa shape index (κ3) is 5.41. The fourth-order valence-corrected chi connectivity index (χ4v) is 3.04. The SMILES string of the molecule is C[C@@H](NC(=O)COC(=O)CNC(=O)c1ccc(F)cc1)c1cccc2ccccc12. The molecule has 0 spiro atoms. The van der Waals surface area contributed by atoms with Gasteiger partial charge in [0.25, 0.3) is 11.8 Å². The highest BCUT2D eigenvalue weighted by atomic mass is 19.1. The number of benzene rings is 3. The lowest BCUT2D eigenvalue weighted by Crippen LogP contribution is -2.34. The van der Waals surface area contributed by atoms with Gasteiger partial charge in [0.15, 0.2) is 6.61 Å². The van der Waals surface area contributed by atoms with E-state index in [1.54, 1.807) is 0 Å². The number of esters is 1. The molecule has 3 aromatic rings. The first kappa shape index (κ1) is 21.0. The highest BCUT2D eigenvalue weighted by molar-refractivity contribution is 5.96. The number of hydrogen-bond acceptors (Lipinski definition) is 4. The van der Waals surface area contributed by atoms with E-state index in [2.05, 4.69) is 10.6 Å². The van der Waals surface area contributed by atoms with E-state index in [4.69, 9.17) is 4.74 Å². The summed E-state index contributed by atoms with van der Waals surface area (Å²) < 4.78 is 17.8. The van der Waals surface area contributed by atoms with E-state index in [1.807, 2.05) is 49.4 Å². The van der Waals surface area contributed by atoms with Crippen molar-refractivity contribution in [2.75, 3.05) is 13.2 Å². The van der Waals surface area contributed by atoms with Gasteiger partial charge in [-0.2, -0.15) is 0 Å². The zero-order chi connectivity index (χ0) is 21.5. The van der Waals surface area contributed by atoms with E-state index in [9.17, 15) is 18.8 Å². The summed E-state index contributed by atoms with van der Waals surface area (Å²) in [6, 6.07) is 18.3. The van der Waals surface area contributed by atoms with Crippen LogP contribution in [0.15, 0.2) is 66.7 Å². The van der Waals surface area contributed by atoms with Gasteiger partial charge in [0.2, 0.25) is 0 Å². The van der Waals surface area contributed by atoms with Crippen LogP contribution in [0.1, 0.15) is 28.9 Å². The maximum atomic E-state index is 12.9. The molecule has 3 aromatic carbocycles. The fraction of sp³-hybridized carbons (Fsp3) is 0.174. The summed E-state index contributed by atoms with van der Waals surface area (Å²) >= 11 is 0. The van der Waals surface area contributed by atoms with Gasteiger partial charge < -0.3 is 15.4 Å². The molecule has 154 valence electrons. The Hall–Kier alpha value is -3.74. The lowest BCUT2D eigenvalue weighted by Gasteiger charge is -2.16. The number of rotatable bonds is 7. The molecule has 0 radical (unpaired) electrons. The minimum atomic E-state index is -0.751. The molecule has 0 unspecified atom stereocenters. The fourth-order valence-electron chi connectivity index (χ4n) is 3.04. The minimum Gasteiger partial charge on any atom is -0.454 e. The van der Waals surface area contributed by atoms with Crippen molar-refractivity contribution in [1.29, 1.82) is 0 Å². The predicted octanol–water partition coefficient (Wildman–Crippen LogP) is 3.13. The van der Waals surface area contributed by atoms with Crippen LogP contribution in [-0.2, 0) is 14.3 Å². The second-order valence-electron chi connectivity index (χ2n) is 6.71. The number of carbonyl (C=O) groups excluding carboxylic acids is 3. The maximum absolute atomic E-state index is 12.9. The molecule has 0 aliphatic heterocycles. The number of hydrogen-bond donors (Lipinski definition) is 2. The Morgan fingerprint density at radius 3 is 2.43 bits per heavy atom. The first-order chi connectivity index (χ1) is 14.4. The Balaban J connectivity index is 1.46. The third-order valence-electron chi connectivity index (χ3n) is 4.53. The zero-order valence-electron chi connectivity index (χ0n) is 16.4. The van der Waals surface area contributed by atoms with Crippen LogP contribution in [0.5, 0.6) is 0 Å². The van der Waals surface area contributed by atoms with Gasteiger partial charge in [0.05, 0.1) is 6.04 Å². The van der Waals surface area contributed by atoms with Crippen molar-refractivity contribution in [2.45, 2.75) is 13.0 Å². The summed E-state index contributed by atoms with van der Waals surface area (Å²) in [7, 11) is 0. The lowest BCUT2D eigenvalue weighted by molar-refractivity contribution is -0.147. The first-order valence-electron chi connectivity index (χ1n) is 9.40. The molecule has 1 atom stereocenters. The Kier molecular flexibility index (Phi) is 6.75. The maximum Gasteiger partial charge on any atom is 0.325 e. The molecule has 6 nitrogen and oxygen atoms in total. The van der Waals surface area contributed by atoms with E-state index in [1.165, 1.54) is 12.1 Å². The molecular formula is C23H21FN2O4. The normalized spacial score (nSPS) is 11.5. The standard InChI is InChI=1S/C23H21FN2O4/c1-15(19-8-4-6-16-5-2-3-7-20(16)19)26-21(27)14-30-22(28)13-25-23(29)17-9-11-18(24)12-10-17/h2-12,15H,13-14H2,1H3,(H,25,29)(H,26,27)/t15-/m1/s1. The van der Waals surface area contributed by atoms with Gasteiger partial charge in [0.1, 0.15) is 12.4 Å². The van der Waals surface area contributed by atoms with E-state index < -0.39 is 36.8 Å². The zero-order valence-corrected chi connectivity index (χ0v) is 16.4. The highest BCUT2D eigenvalue weighted by Gasteiger charge is 2.14. The average molecular weight is 408 g/mol. The summed E-state index contributed by atoms with van der Waals surface area (Å²) in [5.41, 5.74) is 1.17. The first-order valence-corrected chi connectivity index (χ1v) is 9.40. The minimum absolute atomic E-state index is 0.214. The van der Waals surface area contributed by atoms with Gasteiger partial charge in [-0.05, 0) is 47.5 Å². The lowest BCUT2D eigenvalue weighted by atomic mass is 10.00. The molecule has 0 heterocycles. The van der Waals surface area contributed by atoms with Gasteiger partial charge in [-0.25, -0.2) is 4.39 Å². The van der Waals surface area contributed by atoms with Gasteiger partial charge in [0, 0.05) is 5.56 Å². The van der Waals surface area contributed by atoms with Crippen molar-refractivity contribution in [1.82, 2.24) is 10.6 Å². The summed E-state index contributed by atoms with van der Waals surface area (Å²) in [4.78, 5) is 35.8. The summed E-state index contributed by atoms with van der Waals surface area (Å²) in [6.07, 6.45) is 0. The van der Waals surface area contributed by atoms with Gasteiger partial charge in [-0.15, -0.1) is 0 Å². The Labute approximate surface area is 173 Å². The smallest absolute Gasteiger partial charge is 0.325 e. The number of nitrogens with one attached hydrogen (secondary N) is 2. The number of amides is 2. The van der Waals surface area contributed by atoms with E-state index in [0.29, 0.717) is 0 Å². The molecule has 0 bridgehead atoms. The second-order valence-corrected chi connectivity index (χ2v) is 6.71. The molecule has 0 aromatic heterocycles. The Morgan fingerprint density at radius 2 is 1.67 bits per heavy atom. The molecule has 0 saturated carbocycles. The molecule has 7 heteroatoms. The molecule has 2 N–H and O–H groups in total. The number of fused-ring (bicyclic) bond motifs is 1. The van der Waals surface area contributed by atoms with E-state index >= 15 is 0 Å². The summed E-state index contributed by atoms with van der Waals surface area (Å²) in [5, 5.41) is 7.27. The van der Waals surface area contributed by atoms with Crippen molar-refractivity contribution in [3.05, 3.63) is 83.7 Å². The van der Waals surface area contributed by atoms with Crippen molar-refractivity contribution in [3.63, 3.8) is 0 Å². The molecule has 0 saturated heterocycles. The Bertz CT molecular complexity index is 1060. The second kappa shape index (κ2) is 9.65. The van der Waals surface area contributed by atoms with Gasteiger partial charge in [-0.1, -0.05) is 42.5 Å². The van der Waals surface area contributed by atoms with Gasteiger partial charge >= 0.3 is 5.97 Å². The summed E-state index contributed by atoms with van der Waals surface area (Å²) in [5.74, 6) is -2.21. The van der Waals surface area contributed by atoms with Crippen LogP contribution in [0.2, 0.25) is 0 Å². The largest absolute Gasteiger partial charge is 0.454 e. The van der Waals surface area contributed by atoms with Crippen molar-refractivity contribution >= 4 is 28.6 Å². The number of halogens is 1. The monoisotopic (exact) mass is 408 g/mol. The molecular weight excluding hydrogens is 387 g/mol. The quantitative estimate of drug-likeness (QED) is 0.589. The van der Waals surface area contributed by atoms with Crippen LogP contribution in [-0.4, -0.2) is 30.9 Å². The van der Waals surface area contributed by atoms with E-state index in [0.717, 1.165) is 28.5 Å². The van der Waals surface area contributed by atoms with Crippen molar-refractivity contribution < 1.29 is 23.5 Å². The molecule has 0 aliphatic carbocycles. The topological polar surface area (TPSA) is 84.5 Å². The summed E-state index contributed by atoms with van der Waals surface area (Å²) in [6.45, 7) is 0.993. The van der Waals surface area contributed by atoms with Crippen LogP contribution in [0.4, 0.5) is 4.39 Å². The van der Waals surface area contributed by atoms with Crippen LogP contribution >= 0.6 is 0 Å². The van der Waals surface area contributed by atoms with Crippen molar-refractivity contribution in [2.24, 2.45) is 0 Å². The molecule has 30 heavy (non-hydrogen) atoms. The molecule has 0 fully saturated rings. The molecule has 3 rings (SSSR count). The highest BCUT2D eigenvalue weighted by Crippen LogP contribution is 2.23. The molecule has 0 aliphatic rings. The van der Waals surface area contributed by atoms with Crippen LogP contribution in [0.25, 0.3) is 10.8 Å². The number of carbonyl (C=O) groups is 3. The van der Waals surface area contributed by atoms with Crippen molar-refractivity contribution in [3.8, 4) is 0 Å². The van der Waals surface area contributed by atoms with Crippen LogP contribution in [0, 0.1) is 5.82 Å². The predicted molar refractivity (Wildman–Crippen MR) is 110 cm³/mol. The van der Waals surface area contributed by atoms with Crippen LogP contribution < -0.4 is 10.6 Å². The van der Waals surface area contributed by atoms with Gasteiger partial charge in [-0.3, -0.25) is 14.4 Å². The average Bonchev–Trinajstić information content (AvgIpc) is 2.76. The van der Waals surface area contributed by atoms with Crippen LogP contribution in [0.3, 0.4) is 0 Å². The Morgan fingerprint density at radius 1 is 0.967 bits per heavy atom. The number of ether oxygens (including phenoxy) is 1. The third-order valence-corrected chi connectivity index (χ3v) is 4.53.